The minimum Gasteiger partial charge on any atom is -0.394 e. The summed E-state index contributed by atoms with van der Waals surface area (Å²) in [6, 6.07) is -0.827. The third-order valence-corrected chi connectivity index (χ3v) is 17.5. The van der Waals surface area contributed by atoms with Gasteiger partial charge in [0.25, 0.3) is 0 Å². The van der Waals surface area contributed by atoms with E-state index in [0.29, 0.717) is 12.8 Å². The fourth-order valence-electron chi connectivity index (χ4n) is 11.9. The van der Waals surface area contributed by atoms with E-state index in [1.807, 2.05) is 0 Å². The van der Waals surface area contributed by atoms with E-state index in [4.69, 9.17) is 18.9 Å². The lowest BCUT2D eigenvalue weighted by Crippen LogP contribution is -2.65. The third kappa shape index (κ3) is 38.1. The number of carbonyl (C=O) groups is 1. The Morgan fingerprint density at radius 3 is 1.16 bits per heavy atom. The number of hydrogen-bond donors (Lipinski definition) is 9. The summed E-state index contributed by atoms with van der Waals surface area (Å²) in [4.78, 5) is 13.3. The maximum absolute atomic E-state index is 13.3. The number of aliphatic hydroxyl groups excluding tert-OH is 8. The summed E-state index contributed by atoms with van der Waals surface area (Å²) in [7, 11) is 0. The summed E-state index contributed by atoms with van der Waals surface area (Å²) in [5, 5.41) is 87.6. The number of carbonyl (C=O) groups excluding carboxylic acids is 1. The normalized spacial score (nSPS) is 23.9. The molecule has 2 aliphatic rings. The average molecular weight is 1170 g/mol. The highest BCUT2D eigenvalue weighted by molar-refractivity contribution is 5.76. The maximum atomic E-state index is 13.3. The van der Waals surface area contributed by atoms with Crippen LogP contribution in [-0.4, -0.2) is 140 Å². The van der Waals surface area contributed by atoms with Crippen LogP contribution in [0.3, 0.4) is 0 Å². The van der Waals surface area contributed by atoms with Crippen LogP contribution in [0.1, 0.15) is 322 Å². The first-order chi connectivity index (χ1) is 40.1. The van der Waals surface area contributed by atoms with E-state index in [9.17, 15) is 45.6 Å². The first-order valence-corrected chi connectivity index (χ1v) is 34.9. The second kappa shape index (κ2) is 53.9. The van der Waals surface area contributed by atoms with Gasteiger partial charge in [-0.15, -0.1) is 0 Å². The Labute approximate surface area is 501 Å². The van der Waals surface area contributed by atoms with Crippen molar-refractivity contribution in [1.29, 1.82) is 0 Å². The zero-order valence-corrected chi connectivity index (χ0v) is 52.8. The Balaban J connectivity index is 1.68. The largest absolute Gasteiger partial charge is 0.394 e. The Kier molecular flexibility index (Phi) is 50.5. The Morgan fingerprint density at radius 2 is 0.768 bits per heavy atom. The SMILES string of the molecule is CCCCCCCCCC/C=C\CCCCCCCCCCCCCCCC(=O)NC(COC1OC(CO)C(OC2OC(CO)C(O)C(O)C2O)C(O)C1O)C(O)CCCCCCCCCCCCCCCCCCCCCCCCC. The molecular weight excluding hydrogens is 1040 g/mol. The molecule has 0 aromatic carbocycles. The van der Waals surface area contributed by atoms with Crippen molar-refractivity contribution >= 4 is 5.91 Å². The van der Waals surface area contributed by atoms with E-state index in [2.05, 4.69) is 31.3 Å². The molecule has 0 bridgehead atoms. The molecule has 2 rings (SSSR count). The fourth-order valence-corrected chi connectivity index (χ4v) is 11.9. The van der Waals surface area contributed by atoms with Crippen LogP contribution in [-0.2, 0) is 23.7 Å². The van der Waals surface area contributed by atoms with Crippen molar-refractivity contribution in [2.75, 3.05) is 19.8 Å². The number of rotatable bonds is 58. The van der Waals surface area contributed by atoms with Crippen molar-refractivity contribution in [3.05, 3.63) is 12.2 Å². The highest BCUT2D eigenvalue weighted by Gasteiger charge is 2.51. The van der Waals surface area contributed by atoms with E-state index in [1.165, 1.54) is 244 Å². The lowest BCUT2D eigenvalue weighted by atomic mass is 9.97. The Hall–Kier alpha value is -1.27. The van der Waals surface area contributed by atoms with Gasteiger partial charge < -0.3 is 65.1 Å². The van der Waals surface area contributed by atoms with Crippen LogP contribution < -0.4 is 5.32 Å². The number of ether oxygens (including phenoxy) is 4. The molecule has 12 atom stereocenters. The third-order valence-electron chi connectivity index (χ3n) is 17.5. The number of hydrogen-bond acceptors (Lipinski definition) is 13. The number of allylic oxidation sites excluding steroid dienone is 2. The standard InChI is InChI=1S/C68H131NO13/c1-3-5-7-9-11-13-15-17-19-21-23-25-27-28-30-32-34-36-38-40-42-44-46-48-50-52-60(73)69-56(55-79-67-65(78)63(76)66(59(54-71)81-67)82-68-64(77)62(75)61(74)58(53-70)80-68)57(72)51-49-47-45-43-41-39-37-35-33-31-29-26-24-22-20-18-16-14-12-10-8-6-4-2/h21,23,56-59,61-68,70-72,74-78H,3-20,22,24-55H2,1-2H3,(H,69,73)/b23-21-. The molecule has 2 aliphatic heterocycles. The minimum atomic E-state index is -1.78. The summed E-state index contributed by atoms with van der Waals surface area (Å²) in [6.45, 7) is 2.92. The number of aliphatic hydroxyl groups is 8. The predicted octanol–water partition coefficient (Wildman–Crippen LogP) is 13.8. The van der Waals surface area contributed by atoms with Gasteiger partial charge in [0, 0.05) is 6.42 Å². The summed E-state index contributed by atoms with van der Waals surface area (Å²) < 4.78 is 22.9. The molecule has 2 fully saturated rings. The highest BCUT2D eigenvalue weighted by Crippen LogP contribution is 2.30. The van der Waals surface area contributed by atoms with Crippen molar-refractivity contribution in [3.63, 3.8) is 0 Å². The molecule has 0 aromatic heterocycles. The maximum Gasteiger partial charge on any atom is 0.220 e. The number of amides is 1. The molecule has 1 amide bonds. The van der Waals surface area contributed by atoms with E-state index in [1.54, 1.807) is 0 Å². The Morgan fingerprint density at radius 1 is 0.427 bits per heavy atom. The molecule has 0 aliphatic carbocycles. The lowest BCUT2D eigenvalue weighted by molar-refractivity contribution is -0.359. The second-order valence-corrected chi connectivity index (χ2v) is 25.0. The monoisotopic (exact) mass is 1170 g/mol. The molecule has 82 heavy (non-hydrogen) atoms. The summed E-state index contributed by atoms with van der Waals surface area (Å²) in [5.41, 5.74) is 0. The van der Waals surface area contributed by atoms with E-state index in [-0.39, 0.29) is 12.5 Å². The van der Waals surface area contributed by atoms with Gasteiger partial charge in [-0.25, -0.2) is 0 Å². The molecule has 12 unspecified atom stereocenters. The van der Waals surface area contributed by atoms with Crippen molar-refractivity contribution in [2.45, 2.75) is 396 Å². The van der Waals surface area contributed by atoms with Crippen LogP contribution in [0.4, 0.5) is 0 Å². The average Bonchev–Trinajstić information content (AvgIpc) is 3.56. The van der Waals surface area contributed by atoms with Gasteiger partial charge in [-0.05, 0) is 38.5 Å². The first-order valence-electron chi connectivity index (χ1n) is 34.9. The van der Waals surface area contributed by atoms with Gasteiger partial charge >= 0.3 is 0 Å². The predicted molar refractivity (Wildman–Crippen MR) is 332 cm³/mol. The molecule has 0 aromatic rings. The zero-order chi connectivity index (χ0) is 59.5. The molecule has 14 nitrogen and oxygen atoms in total. The zero-order valence-electron chi connectivity index (χ0n) is 52.8. The Bertz CT molecular complexity index is 1420. The number of unbranched alkanes of at least 4 members (excludes halogenated alkanes) is 43. The van der Waals surface area contributed by atoms with Crippen molar-refractivity contribution in [3.8, 4) is 0 Å². The molecular formula is C68H131NO13. The first kappa shape index (κ1) is 76.8. The van der Waals surface area contributed by atoms with Crippen LogP contribution in [0.15, 0.2) is 12.2 Å². The highest BCUT2D eigenvalue weighted by atomic mass is 16.7. The van der Waals surface area contributed by atoms with Gasteiger partial charge in [-0.2, -0.15) is 0 Å². The summed E-state index contributed by atoms with van der Waals surface area (Å²) in [6.07, 6.45) is 47.9. The summed E-state index contributed by atoms with van der Waals surface area (Å²) in [5.74, 6) is -0.200. The van der Waals surface area contributed by atoms with Gasteiger partial charge in [0.05, 0.1) is 32.0 Å². The van der Waals surface area contributed by atoms with Gasteiger partial charge in [0.2, 0.25) is 5.91 Å². The molecule has 2 saturated heterocycles. The van der Waals surface area contributed by atoms with Gasteiger partial charge in [-0.3, -0.25) is 4.79 Å². The van der Waals surface area contributed by atoms with E-state index < -0.39 is 86.8 Å². The van der Waals surface area contributed by atoms with Gasteiger partial charge in [-0.1, -0.05) is 289 Å². The van der Waals surface area contributed by atoms with Crippen LogP contribution >= 0.6 is 0 Å². The lowest BCUT2D eigenvalue weighted by Gasteiger charge is -2.46. The fraction of sp³-hybridized carbons (Fsp3) is 0.956. The second-order valence-electron chi connectivity index (χ2n) is 25.0. The van der Waals surface area contributed by atoms with Crippen LogP contribution in [0.2, 0.25) is 0 Å². The van der Waals surface area contributed by atoms with Crippen molar-refractivity contribution in [2.24, 2.45) is 0 Å². The summed E-state index contributed by atoms with van der Waals surface area (Å²) >= 11 is 0. The number of nitrogens with one attached hydrogen (secondary N) is 1. The molecule has 0 radical (unpaired) electrons. The van der Waals surface area contributed by atoms with Gasteiger partial charge in [0.1, 0.15) is 48.8 Å². The topological polar surface area (TPSA) is 228 Å². The van der Waals surface area contributed by atoms with Crippen LogP contribution in [0.5, 0.6) is 0 Å². The van der Waals surface area contributed by atoms with Crippen LogP contribution in [0.25, 0.3) is 0 Å². The molecule has 14 heteroatoms. The molecule has 2 heterocycles. The molecule has 0 saturated carbocycles. The smallest absolute Gasteiger partial charge is 0.220 e. The minimum absolute atomic E-state index is 0.200. The van der Waals surface area contributed by atoms with Crippen molar-refractivity contribution in [1.82, 2.24) is 5.32 Å². The van der Waals surface area contributed by atoms with Crippen molar-refractivity contribution < 1.29 is 64.6 Å². The quantitative estimate of drug-likeness (QED) is 0.0204. The van der Waals surface area contributed by atoms with E-state index in [0.717, 1.165) is 51.4 Å². The van der Waals surface area contributed by atoms with Crippen LogP contribution in [0, 0.1) is 0 Å². The molecule has 0 spiro atoms. The van der Waals surface area contributed by atoms with E-state index >= 15 is 0 Å². The van der Waals surface area contributed by atoms with Gasteiger partial charge in [0.15, 0.2) is 12.6 Å². The molecule has 486 valence electrons. The molecule has 9 N–H and O–H groups in total.